The standard InChI is InChI=1S/C28H26ClNO5/c1-18-4-3-5-19(16-18)17-35-23-12-8-21(9-13-23)26(31)24-25(20-6-10-22(29)11-7-20)30(14-15-34-2)28(33)27(24)32/h3-13,16,25,31H,14-15,17H2,1-2H3/b26-24+/t25-/m1/s1. The topological polar surface area (TPSA) is 76.1 Å². The Morgan fingerprint density at radius 2 is 1.74 bits per heavy atom. The van der Waals surface area contributed by atoms with Gasteiger partial charge >= 0.3 is 0 Å². The van der Waals surface area contributed by atoms with E-state index in [0.29, 0.717) is 28.5 Å². The average molecular weight is 492 g/mol. The summed E-state index contributed by atoms with van der Waals surface area (Å²) in [7, 11) is 1.52. The van der Waals surface area contributed by atoms with Crippen LogP contribution in [0.15, 0.2) is 78.4 Å². The molecule has 0 saturated carbocycles. The van der Waals surface area contributed by atoms with Crippen molar-refractivity contribution in [1.82, 2.24) is 4.90 Å². The molecule has 35 heavy (non-hydrogen) atoms. The van der Waals surface area contributed by atoms with E-state index in [1.165, 1.54) is 12.0 Å². The van der Waals surface area contributed by atoms with Crippen LogP contribution in [0.2, 0.25) is 5.02 Å². The van der Waals surface area contributed by atoms with E-state index >= 15 is 0 Å². The SMILES string of the molecule is COCCN1C(=O)C(=O)/C(=C(/O)c2ccc(OCc3cccc(C)c3)cc2)[C@H]1c1ccc(Cl)cc1. The Balaban J connectivity index is 1.63. The lowest BCUT2D eigenvalue weighted by atomic mass is 9.95. The summed E-state index contributed by atoms with van der Waals surface area (Å²) < 4.78 is 11.0. The molecule has 4 rings (SSSR count). The number of nitrogens with zero attached hydrogens (tertiary/aromatic N) is 1. The predicted octanol–water partition coefficient (Wildman–Crippen LogP) is 5.30. The van der Waals surface area contributed by atoms with Crippen LogP contribution >= 0.6 is 11.6 Å². The second-order valence-electron chi connectivity index (χ2n) is 8.34. The van der Waals surface area contributed by atoms with Gasteiger partial charge in [0, 0.05) is 24.2 Å². The molecule has 0 aliphatic carbocycles. The molecule has 1 heterocycles. The van der Waals surface area contributed by atoms with Gasteiger partial charge in [0.2, 0.25) is 0 Å². The zero-order valence-corrected chi connectivity index (χ0v) is 20.3. The second kappa shape index (κ2) is 10.8. The maximum atomic E-state index is 13.0. The second-order valence-corrected chi connectivity index (χ2v) is 8.78. The lowest BCUT2D eigenvalue weighted by Gasteiger charge is -2.25. The lowest BCUT2D eigenvalue weighted by molar-refractivity contribution is -0.140. The number of carbonyl (C=O) groups is 2. The van der Waals surface area contributed by atoms with Crippen LogP contribution in [-0.4, -0.2) is 42.0 Å². The van der Waals surface area contributed by atoms with Crippen LogP contribution in [0.5, 0.6) is 5.75 Å². The highest BCUT2D eigenvalue weighted by Crippen LogP contribution is 2.39. The van der Waals surface area contributed by atoms with Crippen LogP contribution in [0.3, 0.4) is 0 Å². The van der Waals surface area contributed by atoms with Gasteiger partial charge in [0.1, 0.15) is 18.1 Å². The first-order valence-corrected chi connectivity index (χ1v) is 11.6. The van der Waals surface area contributed by atoms with E-state index in [-0.39, 0.29) is 24.5 Å². The van der Waals surface area contributed by atoms with Gasteiger partial charge in [-0.3, -0.25) is 9.59 Å². The third kappa shape index (κ3) is 5.39. The van der Waals surface area contributed by atoms with E-state index in [0.717, 1.165) is 11.1 Å². The summed E-state index contributed by atoms with van der Waals surface area (Å²) >= 11 is 6.04. The van der Waals surface area contributed by atoms with E-state index in [4.69, 9.17) is 21.1 Å². The molecule has 0 unspecified atom stereocenters. The molecule has 1 aliphatic heterocycles. The first-order valence-electron chi connectivity index (χ1n) is 11.2. The van der Waals surface area contributed by atoms with Crippen molar-refractivity contribution in [3.63, 3.8) is 0 Å². The quantitative estimate of drug-likeness (QED) is 0.263. The Labute approximate surface area is 209 Å². The van der Waals surface area contributed by atoms with Gasteiger partial charge in [-0.1, -0.05) is 53.6 Å². The normalized spacial score (nSPS) is 17.1. The monoisotopic (exact) mass is 491 g/mol. The Hall–Kier alpha value is -3.61. The third-order valence-corrected chi connectivity index (χ3v) is 6.13. The number of ketones is 1. The first kappa shape index (κ1) is 24.5. The number of likely N-dealkylation sites (tertiary alicyclic amines) is 1. The smallest absolute Gasteiger partial charge is 0.295 e. The Morgan fingerprint density at radius 1 is 1.03 bits per heavy atom. The van der Waals surface area contributed by atoms with Crippen molar-refractivity contribution in [3.8, 4) is 5.75 Å². The number of amides is 1. The van der Waals surface area contributed by atoms with E-state index in [9.17, 15) is 14.7 Å². The highest BCUT2D eigenvalue weighted by Gasteiger charge is 2.45. The predicted molar refractivity (Wildman–Crippen MR) is 134 cm³/mol. The molecule has 1 saturated heterocycles. The summed E-state index contributed by atoms with van der Waals surface area (Å²) in [5.74, 6) is -1.04. The molecule has 1 amide bonds. The van der Waals surface area contributed by atoms with E-state index in [1.807, 2.05) is 25.1 Å². The Morgan fingerprint density at radius 3 is 2.40 bits per heavy atom. The van der Waals surface area contributed by atoms with Gasteiger partial charge < -0.3 is 19.5 Å². The number of aliphatic hydroxyl groups is 1. The van der Waals surface area contributed by atoms with Crippen molar-refractivity contribution in [1.29, 1.82) is 0 Å². The molecule has 0 aromatic heterocycles. The maximum absolute atomic E-state index is 13.0. The van der Waals surface area contributed by atoms with Crippen LogP contribution in [0.25, 0.3) is 5.76 Å². The molecule has 3 aromatic rings. The maximum Gasteiger partial charge on any atom is 0.295 e. The largest absolute Gasteiger partial charge is 0.507 e. The number of aliphatic hydroxyl groups excluding tert-OH is 1. The molecule has 1 atom stereocenters. The minimum absolute atomic E-state index is 0.0295. The van der Waals surface area contributed by atoms with Gasteiger partial charge in [0.15, 0.2) is 0 Å². The van der Waals surface area contributed by atoms with Crippen LogP contribution in [0, 0.1) is 6.92 Å². The molecule has 1 aliphatic rings. The van der Waals surface area contributed by atoms with Gasteiger partial charge in [-0.05, 0) is 54.4 Å². The summed E-state index contributed by atoms with van der Waals surface area (Å²) in [6.07, 6.45) is 0. The van der Waals surface area contributed by atoms with Crippen molar-refractivity contribution in [2.24, 2.45) is 0 Å². The van der Waals surface area contributed by atoms with Crippen LogP contribution in [-0.2, 0) is 20.9 Å². The lowest BCUT2D eigenvalue weighted by Crippen LogP contribution is -2.32. The number of hydrogen-bond acceptors (Lipinski definition) is 5. The zero-order valence-electron chi connectivity index (χ0n) is 19.5. The fraction of sp³-hybridized carbons (Fsp3) is 0.214. The third-order valence-electron chi connectivity index (χ3n) is 5.88. The number of ether oxygens (including phenoxy) is 2. The van der Waals surface area contributed by atoms with Crippen molar-refractivity contribution in [3.05, 3.63) is 106 Å². The van der Waals surface area contributed by atoms with Crippen molar-refractivity contribution in [2.45, 2.75) is 19.6 Å². The van der Waals surface area contributed by atoms with Gasteiger partial charge in [-0.25, -0.2) is 0 Å². The molecule has 3 aromatic carbocycles. The fourth-order valence-electron chi connectivity index (χ4n) is 4.13. The number of methoxy groups -OCH3 is 1. The van der Waals surface area contributed by atoms with Crippen molar-refractivity contribution >= 4 is 29.1 Å². The molecule has 7 heteroatoms. The minimum Gasteiger partial charge on any atom is -0.507 e. The summed E-state index contributed by atoms with van der Waals surface area (Å²) in [5.41, 5.74) is 3.32. The van der Waals surface area contributed by atoms with Crippen LogP contribution < -0.4 is 4.74 Å². The number of Topliss-reactive ketones (excluding diaryl/α,β-unsaturated/α-hetero) is 1. The van der Waals surface area contributed by atoms with E-state index < -0.39 is 17.7 Å². The molecule has 0 radical (unpaired) electrons. The Kier molecular flexibility index (Phi) is 7.54. The molecule has 6 nitrogen and oxygen atoms in total. The molecule has 0 spiro atoms. The first-order chi connectivity index (χ1) is 16.9. The number of carbonyl (C=O) groups excluding carboxylic acids is 2. The fourth-order valence-corrected chi connectivity index (χ4v) is 4.25. The zero-order chi connectivity index (χ0) is 24.9. The number of hydrogen-bond donors (Lipinski definition) is 1. The molecule has 1 fully saturated rings. The summed E-state index contributed by atoms with van der Waals surface area (Å²) in [6.45, 7) is 2.90. The van der Waals surface area contributed by atoms with E-state index in [1.54, 1.807) is 48.5 Å². The van der Waals surface area contributed by atoms with Crippen molar-refractivity contribution < 1.29 is 24.2 Å². The summed E-state index contributed by atoms with van der Waals surface area (Å²) in [6, 6.07) is 21.0. The number of rotatable bonds is 8. The van der Waals surface area contributed by atoms with Crippen LogP contribution in [0.4, 0.5) is 0 Å². The van der Waals surface area contributed by atoms with Gasteiger partial charge in [-0.15, -0.1) is 0 Å². The van der Waals surface area contributed by atoms with Gasteiger partial charge in [0.25, 0.3) is 11.7 Å². The van der Waals surface area contributed by atoms with Gasteiger partial charge in [-0.2, -0.15) is 0 Å². The molecular weight excluding hydrogens is 466 g/mol. The molecule has 180 valence electrons. The number of benzene rings is 3. The highest BCUT2D eigenvalue weighted by molar-refractivity contribution is 6.46. The highest BCUT2D eigenvalue weighted by atomic mass is 35.5. The average Bonchev–Trinajstić information content (AvgIpc) is 3.11. The minimum atomic E-state index is -0.750. The van der Waals surface area contributed by atoms with E-state index in [2.05, 4.69) is 6.07 Å². The Bertz CT molecular complexity index is 1250. The van der Waals surface area contributed by atoms with Gasteiger partial charge in [0.05, 0.1) is 18.2 Å². The molecular formula is C28H26ClNO5. The van der Waals surface area contributed by atoms with Crippen LogP contribution in [0.1, 0.15) is 28.3 Å². The molecule has 1 N–H and O–H groups in total. The molecule has 0 bridgehead atoms. The number of aryl methyl sites for hydroxylation is 1. The summed E-state index contributed by atoms with van der Waals surface area (Å²) in [4.78, 5) is 27.2. The number of halogens is 1. The summed E-state index contributed by atoms with van der Waals surface area (Å²) in [5, 5.41) is 11.7. The van der Waals surface area contributed by atoms with Crippen molar-refractivity contribution in [2.75, 3.05) is 20.3 Å².